The van der Waals surface area contributed by atoms with Gasteiger partial charge in [0, 0.05) is 25.1 Å². The number of carbonyl (C=O) groups excluding carboxylic acids is 3. The highest BCUT2D eigenvalue weighted by Crippen LogP contribution is 2.33. The summed E-state index contributed by atoms with van der Waals surface area (Å²) in [5.41, 5.74) is 3.58. The van der Waals surface area contributed by atoms with E-state index in [0.717, 1.165) is 12.0 Å². The number of ketones is 2. The van der Waals surface area contributed by atoms with Crippen LogP contribution in [0.3, 0.4) is 0 Å². The number of Topliss-reactive ketones (excluding diaryl/α,β-unsaturated/α-hetero) is 2. The second kappa shape index (κ2) is 5.71. The number of carbonyl (C=O) groups is 3. The van der Waals surface area contributed by atoms with Gasteiger partial charge in [0.05, 0.1) is 5.92 Å². The van der Waals surface area contributed by atoms with Gasteiger partial charge in [0.25, 0.3) is 0 Å². The summed E-state index contributed by atoms with van der Waals surface area (Å²) < 4.78 is 0. The number of nitrogens with zero attached hydrogens (tertiary/aromatic N) is 1. The van der Waals surface area contributed by atoms with Gasteiger partial charge >= 0.3 is 0 Å². The number of benzene rings is 2. The van der Waals surface area contributed by atoms with Crippen LogP contribution < -0.4 is 0 Å². The van der Waals surface area contributed by atoms with Crippen molar-refractivity contribution >= 4 is 17.5 Å². The Morgan fingerprint density at radius 1 is 1.00 bits per heavy atom. The van der Waals surface area contributed by atoms with Crippen LogP contribution >= 0.6 is 0 Å². The van der Waals surface area contributed by atoms with Gasteiger partial charge < -0.3 is 4.90 Å². The molecule has 4 heteroatoms. The van der Waals surface area contributed by atoms with E-state index in [2.05, 4.69) is 6.07 Å². The van der Waals surface area contributed by atoms with Crippen molar-refractivity contribution in [2.75, 3.05) is 6.54 Å². The highest BCUT2D eigenvalue weighted by atomic mass is 16.2. The molecule has 2 aromatic carbocycles. The molecule has 2 aromatic rings. The highest BCUT2D eigenvalue weighted by molar-refractivity contribution is 6.49. The van der Waals surface area contributed by atoms with E-state index in [4.69, 9.17) is 0 Å². The number of hydrogen-bond acceptors (Lipinski definition) is 3. The lowest BCUT2D eigenvalue weighted by Gasteiger charge is -2.29. The van der Waals surface area contributed by atoms with Gasteiger partial charge in [-0.25, -0.2) is 0 Å². The molecule has 0 bridgehead atoms. The number of rotatable bonds is 2. The molecule has 2 aliphatic rings. The third-order valence-electron chi connectivity index (χ3n) is 4.98. The third-order valence-corrected chi connectivity index (χ3v) is 4.98. The van der Waals surface area contributed by atoms with Crippen molar-refractivity contribution in [1.82, 2.24) is 4.90 Å². The Morgan fingerprint density at radius 3 is 2.54 bits per heavy atom. The maximum Gasteiger partial charge on any atom is 0.229 e. The molecule has 24 heavy (non-hydrogen) atoms. The van der Waals surface area contributed by atoms with Gasteiger partial charge in [0.15, 0.2) is 0 Å². The SMILES string of the molecule is O=C1C(=O)C(CC(=O)N2CCc3ccccc3C2)c2ccccc21. The molecule has 0 aromatic heterocycles. The molecule has 1 amide bonds. The Bertz CT molecular complexity index is 855. The number of amides is 1. The van der Waals surface area contributed by atoms with Crippen LogP contribution in [-0.2, 0) is 22.6 Å². The van der Waals surface area contributed by atoms with E-state index in [9.17, 15) is 14.4 Å². The average molecular weight is 319 g/mol. The maximum absolute atomic E-state index is 12.7. The maximum atomic E-state index is 12.7. The summed E-state index contributed by atoms with van der Waals surface area (Å²) in [5, 5.41) is 0. The lowest BCUT2D eigenvalue weighted by molar-refractivity contribution is -0.134. The first-order valence-corrected chi connectivity index (χ1v) is 8.17. The molecule has 0 spiro atoms. The molecule has 0 saturated carbocycles. The molecule has 1 unspecified atom stereocenters. The third kappa shape index (κ3) is 2.35. The van der Waals surface area contributed by atoms with Gasteiger partial charge in [0.1, 0.15) is 0 Å². The van der Waals surface area contributed by atoms with E-state index in [-0.39, 0.29) is 12.3 Å². The summed E-state index contributed by atoms with van der Waals surface area (Å²) in [6, 6.07) is 15.1. The van der Waals surface area contributed by atoms with Crippen LogP contribution in [0.5, 0.6) is 0 Å². The Labute approximate surface area is 140 Å². The number of fused-ring (bicyclic) bond motifs is 2. The van der Waals surface area contributed by atoms with Crippen LogP contribution in [0.15, 0.2) is 48.5 Å². The number of hydrogen-bond donors (Lipinski definition) is 0. The molecule has 1 heterocycles. The monoisotopic (exact) mass is 319 g/mol. The first-order chi connectivity index (χ1) is 11.6. The first kappa shape index (κ1) is 14.8. The molecule has 0 radical (unpaired) electrons. The van der Waals surface area contributed by atoms with E-state index in [1.165, 1.54) is 5.56 Å². The standard InChI is InChI=1S/C20H17NO3/c22-18(21-10-9-13-5-1-2-6-14(13)12-21)11-17-15-7-3-4-8-16(15)19(23)20(17)24/h1-8,17H,9-12H2. The van der Waals surface area contributed by atoms with Crippen molar-refractivity contribution in [3.05, 3.63) is 70.8 Å². The van der Waals surface area contributed by atoms with Crippen LogP contribution in [0.2, 0.25) is 0 Å². The predicted octanol–water partition coefficient (Wildman–Crippen LogP) is 2.51. The van der Waals surface area contributed by atoms with E-state index in [1.54, 1.807) is 29.2 Å². The van der Waals surface area contributed by atoms with E-state index in [0.29, 0.717) is 24.2 Å². The van der Waals surface area contributed by atoms with E-state index < -0.39 is 17.5 Å². The molecule has 0 N–H and O–H groups in total. The van der Waals surface area contributed by atoms with Crippen LogP contribution in [0.4, 0.5) is 0 Å². The molecule has 0 fully saturated rings. The normalized spacial score (nSPS) is 19.2. The predicted molar refractivity (Wildman–Crippen MR) is 88.7 cm³/mol. The Morgan fingerprint density at radius 2 is 1.71 bits per heavy atom. The molecule has 0 saturated heterocycles. The van der Waals surface area contributed by atoms with Crippen LogP contribution in [0.25, 0.3) is 0 Å². The summed E-state index contributed by atoms with van der Waals surface area (Å²) in [7, 11) is 0. The average Bonchev–Trinajstić information content (AvgIpc) is 2.86. The van der Waals surface area contributed by atoms with Crippen molar-refractivity contribution in [3.8, 4) is 0 Å². The van der Waals surface area contributed by atoms with Crippen molar-refractivity contribution in [1.29, 1.82) is 0 Å². The molecule has 4 nitrogen and oxygen atoms in total. The van der Waals surface area contributed by atoms with Crippen LogP contribution in [0, 0.1) is 0 Å². The largest absolute Gasteiger partial charge is 0.338 e. The van der Waals surface area contributed by atoms with Crippen molar-refractivity contribution in [2.24, 2.45) is 0 Å². The molecule has 1 aliphatic heterocycles. The lowest BCUT2D eigenvalue weighted by Crippen LogP contribution is -2.37. The zero-order chi connectivity index (χ0) is 16.7. The zero-order valence-electron chi connectivity index (χ0n) is 13.2. The fourth-order valence-corrected chi connectivity index (χ4v) is 3.65. The molecular formula is C20H17NO3. The molecule has 4 rings (SSSR count). The van der Waals surface area contributed by atoms with Crippen molar-refractivity contribution in [2.45, 2.75) is 25.3 Å². The van der Waals surface area contributed by atoms with E-state index in [1.807, 2.05) is 18.2 Å². The van der Waals surface area contributed by atoms with Crippen molar-refractivity contribution in [3.63, 3.8) is 0 Å². The van der Waals surface area contributed by atoms with E-state index >= 15 is 0 Å². The fourth-order valence-electron chi connectivity index (χ4n) is 3.65. The smallest absolute Gasteiger partial charge is 0.229 e. The Balaban J connectivity index is 1.53. The molecule has 1 atom stereocenters. The van der Waals surface area contributed by atoms with Gasteiger partial charge in [-0.1, -0.05) is 48.5 Å². The second-order valence-electron chi connectivity index (χ2n) is 6.37. The second-order valence-corrected chi connectivity index (χ2v) is 6.37. The van der Waals surface area contributed by atoms with Gasteiger partial charge in [-0.2, -0.15) is 0 Å². The topological polar surface area (TPSA) is 54.5 Å². The summed E-state index contributed by atoms with van der Waals surface area (Å²) >= 11 is 0. The Kier molecular flexibility index (Phi) is 3.53. The summed E-state index contributed by atoms with van der Waals surface area (Å²) in [4.78, 5) is 38.8. The molecular weight excluding hydrogens is 302 g/mol. The van der Waals surface area contributed by atoms with Gasteiger partial charge in [0.2, 0.25) is 17.5 Å². The zero-order valence-corrected chi connectivity index (χ0v) is 13.2. The molecule has 1 aliphatic carbocycles. The minimum Gasteiger partial charge on any atom is -0.338 e. The Hall–Kier alpha value is -2.75. The van der Waals surface area contributed by atoms with Crippen LogP contribution in [-0.4, -0.2) is 28.9 Å². The van der Waals surface area contributed by atoms with Crippen LogP contribution in [0.1, 0.15) is 39.4 Å². The van der Waals surface area contributed by atoms with Gasteiger partial charge in [-0.3, -0.25) is 14.4 Å². The minimum absolute atomic E-state index is 0.0626. The summed E-state index contributed by atoms with van der Waals surface area (Å²) in [6.45, 7) is 1.23. The summed E-state index contributed by atoms with van der Waals surface area (Å²) in [6.07, 6.45) is 0.903. The molecule has 120 valence electrons. The highest BCUT2D eigenvalue weighted by Gasteiger charge is 2.39. The minimum atomic E-state index is -0.627. The fraction of sp³-hybridized carbons (Fsp3) is 0.250. The van der Waals surface area contributed by atoms with Gasteiger partial charge in [-0.15, -0.1) is 0 Å². The van der Waals surface area contributed by atoms with Gasteiger partial charge in [-0.05, 0) is 23.1 Å². The van der Waals surface area contributed by atoms with Crippen molar-refractivity contribution < 1.29 is 14.4 Å². The first-order valence-electron chi connectivity index (χ1n) is 8.17. The summed E-state index contributed by atoms with van der Waals surface area (Å²) in [5.74, 6) is -1.61. The lowest BCUT2D eigenvalue weighted by atomic mass is 9.95. The quantitative estimate of drug-likeness (QED) is 0.799.